The Balaban J connectivity index is 1.61. The van der Waals surface area contributed by atoms with E-state index >= 15 is 0 Å². The lowest BCUT2D eigenvalue weighted by Gasteiger charge is -2.35. The van der Waals surface area contributed by atoms with Crippen LogP contribution < -0.4 is 9.64 Å². The van der Waals surface area contributed by atoms with Crippen LogP contribution in [0.25, 0.3) is 0 Å². The highest BCUT2D eigenvalue weighted by Crippen LogP contribution is 2.19. The first-order valence-corrected chi connectivity index (χ1v) is 12.0. The average molecular weight is 448 g/mol. The van der Waals surface area contributed by atoms with Gasteiger partial charge in [0, 0.05) is 50.9 Å². The molecule has 1 aliphatic heterocycles. The Morgan fingerprint density at radius 2 is 1.61 bits per heavy atom. The molecule has 0 saturated carbocycles. The highest BCUT2D eigenvalue weighted by molar-refractivity contribution is 7.89. The Morgan fingerprint density at radius 1 is 0.968 bits per heavy atom. The molecular formula is C21H29N5O4S. The Bertz CT molecular complexity index is 968. The van der Waals surface area contributed by atoms with E-state index < -0.39 is 10.0 Å². The fourth-order valence-electron chi connectivity index (χ4n) is 3.51. The number of piperazine rings is 1. The van der Waals surface area contributed by atoms with Crippen LogP contribution in [0.5, 0.6) is 5.88 Å². The summed E-state index contributed by atoms with van der Waals surface area (Å²) < 4.78 is 31.9. The van der Waals surface area contributed by atoms with E-state index in [-0.39, 0.29) is 10.8 Å². The molecule has 1 aliphatic rings. The molecule has 1 aromatic carbocycles. The number of hydrogen-bond donors (Lipinski definition) is 0. The molecule has 1 saturated heterocycles. The largest absolute Gasteiger partial charge is 0.477 e. The number of rotatable bonds is 8. The number of sulfonamides is 1. The Morgan fingerprint density at radius 3 is 2.13 bits per heavy atom. The molecule has 0 N–H and O–H groups in total. The summed E-state index contributed by atoms with van der Waals surface area (Å²) in [4.78, 5) is 16.9. The molecule has 9 nitrogen and oxygen atoms in total. The molecule has 1 aromatic heterocycles. The molecular weight excluding hydrogens is 418 g/mol. The van der Waals surface area contributed by atoms with Gasteiger partial charge in [-0.3, -0.25) is 4.79 Å². The number of ether oxygens (including phenoxy) is 1. The number of aromatic nitrogens is 2. The van der Waals surface area contributed by atoms with E-state index in [1.807, 2.05) is 13.0 Å². The minimum Gasteiger partial charge on any atom is -0.477 e. The van der Waals surface area contributed by atoms with Crippen LogP contribution in [0.15, 0.2) is 41.3 Å². The number of amides is 1. The lowest BCUT2D eigenvalue weighted by molar-refractivity contribution is 0.0746. The number of nitrogens with zero attached hydrogens (tertiary/aromatic N) is 5. The second-order valence-corrected chi connectivity index (χ2v) is 8.99. The number of carbonyl (C=O) groups is 1. The SMILES string of the molecule is CCOc1ccc(N2CCN(C(=O)c3ccc(S(=O)(=O)N(CC)CC)cc3)CC2)nn1. The van der Waals surface area contributed by atoms with Gasteiger partial charge >= 0.3 is 0 Å². The predicted octanol–water partition coefficient (Wildman–Crippen LogP) is 1.87. The highest BCUT2D eigenvalue weighted by atomic mass is 32.2. The summed E-state index contributed by atoms with van der Waals surface area (Å²) in [6.45, 7) is 9.23. The van der Waals surface area contributed by atoms with Crippen molar-refractivity contribution in [3.63, 3.8) is 0 Å². The molecule has 0 bridgehead atoms. The van der Waals surface area contributed by atoms with Crippen molar-refractivity contribution in [2.24, 2.45) is 0 Å². The van der Waals surface area contributed by atoms with Gasteiger partial charge in [-0.15, -0.1) is 10.2 Å². The predicted molar refractivity (Wildman–Crippen MR) is 118 cm³/mol. The fourth-order valence-corrected chi connectivity index (χ4v) is 4.97. The smallest absolute Gasteiger partial charge is 0.253 e. The molecule has 1 fully saturated rings. The van der Waals surface area contributed by atoms with E-state index in [2.05, 4.69) is 15.1 Å². The lowest BCUT2D eigenvalue weighted by Crippen LogP contribution is -2.49. The standard InChI is InChI=1S/C21H29N5O4S/c1-4-26(5-2)31(28,29)18-9-7-17(8-10-18)21(27)25-15-13-24(14-16-25)19-11-12-20(23-22-19)30-6-3/h7-12H,4-6,13-16H2,1-3H3. The van der Waals surface area contributed by atoms with Crippen LogP contribution in [0.1, 0.15) is 31.1 Å². The van der Waals surface area contributed by atoms with Crippen LogP contribution in [0.2, 0.25) is 0 Å². The van der Waals surface area contributed by atoms with Crippen molar-refractivity contribution >= 4 is 21.7 Å². The summed E-state index contributed by atoms with van der Waals surface area (Å²) in [7, 11) is -3.53. The molecule has 0 unspecified atom stereocenters. The third-order valence-electron chi connectivity index (χ3n) is 5.25. The molecule has 2 aromatic rings. The van der Waals surface area contributed by atoms with Gasteiger partial charge in [-0.2, -0.15) is 4.31 Å². The maximum Gasteiger partial charge on any atom is 0.253 e. The molecule has 0 aliphatic carbocycles. The first-order valence-electron chi connectivity index (χ1n) is 10.5. The first-order chi connectivity index (χ1) is 14.9. The van der Waals surface area contributed by atoms with Crippen molar-refractivity contribution in [3.05, 3.63) is 42.0 Å². The zero-order chi connectivity index (χ0) is 22.4. The maximum atomic E-state index is 12.9. The molecule has 3 rings (SSSR count). The Hall–Kier alpha value is -2.72. The van der Waals surface area contributed by atoms with Crippen LogP contribution in [-0.4, -0.2) is 79.6 Å². The molecule has 10 heteroatoms. The molecule has 2 heterocycles. The van der Waals surface area contributed by atoms with E-state index in [4.69, 9.17) is 4.74 Å². The monoisotopic (exact) mass is 447 g/mol. The van der Waals surface area contributed by atoms with Crippen molar-refractivity contribution in [1.29, 1.82) is 0 Å². The summed E-state index contributed by atoms with van der Waals surface area (Å²) >= 11 is 0. The minimum atomic E-state index is -3.53. The van der Waals surface area contributed by atoms with Crippen LogP contribution in [0.3, 0.4) is 0 Å². The Kier molecular flexibility index (Phi) is 7.45. The highest BCUT2D eigenvalue weighted by Gasteiger charge is 2.25. The zero-order valence-electron chi connectivity index (χ0n) is 18.2. The van der Waals surface area contributed by atoms with Gasteiger partial charge in [-0.05, 0) is 37.3 Å². The van der Waals surface area contributed by atoms with Crippen LogP contribution in [0, 0.1) is 0 Å². The zero-order valence-corrected chi connectivity index (χ0v) is 19.0. The van der Waals surface area contributed by atoms with Gasteiger partial charge in [-0.1, -0.05) is 13.8 Å². The molecule has 1 amide bonds. The fraction of sp³-hybridized carbons (Fsp3) is 0.476. The molecule has 0 radical (unpaired) electrons. The van der Waals surface area contributed by atoms with Crippen LogP contribution in [0.4, 0.5) is 5.82 Å². The summed E-state index contributed by atoms with van der Waals surface area (Å²) in [6.07, 6.45) is 0. The van der Waals surface area contributed by atoms with E-state index in [9.17, 15) is 13.2 Å². The summed E-state index contributed by atoms with van der Waals surface area (Å²) in [5, 5.41) is 8.25. The topological polar surface area (TPSA) is 95.9 Å². The Labute approximate surface area is 183 Å². The summed E-state index contributed by atoms with van der Waals surface area (Å²) in [5.74, 6) is 1.14. The first kappa shape index (κ1) is 23.0. The lowest BCUT2D eigenvalue weighted by atomic mass is 10.2. The van der Waals surface area contributed by atoms with Crippen molar-refractivity contribution in [2.75, 3.05) is 50.8 Å². The van der Waals surface area contributed by atoms with Crippen molar-refractivity contribution < 1.29 is 17.9 Å². The van der Waals surface area contributed by atoms with E-state index in [0.29, 0.717) is 57.3 Å². The van der Waals surface area contributed by atoms with Crippen molar-refractivity contribution in [2.45, 2.75) is 25.7 Å². The third-order valence-corrected chi connectivity index (χ3v) is 7.32. The second kappa shape index (κ2) is 10.1. The van der Waals surface area contributed by atoms with Crippen molar-refractivity contribution in [3.8, 4) is 5.88 Å². The average Bonchev–Trinajstić information content (AvgIpc) is 2.80. The van der Waals surface area contributed by atoms with Crippen LogP contribution in [-0.2, 0) is 10.0 Å². The molecule has 31 heavy (non-hydrogen) atoms. The van der Waals surface area contributed by atoms with Gasteiger partial charge in [0.1, 0.15) is 0 Å². The van der Waals surface area contributed by atoms with E-state index in [1.54, 1.807) is 36.9 Å². The minimum absolute atomic E-state index is 0.107. The molecule has 0 atom stereocenters. The number of anilines is 1. The van der Waals surface area contributed by atoms with Gasteiger partial charge < -0.3 is 14.5 Å². The number of carbonyl (C=O) groups excluding carboxylic acids is 1. The normalized spacial score (nSPS) is 14.7. The van der Waals surface area contributed by atoms with Crippen LogP contribution >= 0.6 is 0 Å². The number of benzene rings is 1. The third kappa shape index (κ3) is 5.13. The van der Waals surface area contributed by atoms with E-state index in [0.717, 1.165) is 5.82 Å². The second-order valence-electron chi connectivity index (χ2n) is 7.06. The van der Waals surface area contributed by atoms with Gasteiger partial charge in [0.05, 0.1) is 11.5 Å². The number of hydrogen-bond acceptors (Lipinski definition) is 7. The van der Waals surface area contributed by atoms with Gasteiger partial charge in [0.25, 0.3) is 5.91 Å². The van der Waals surface area contributed by atoms with Crippen molar-refractivity contribution in [1.82, 2.24) is 19.4 Å². The van der Waals surface area contributed by atoms with Gasteiger partial charge in [0.2, 0.25) is 15.9 Å². The maximum absolute atomic E-state index is 12.9. The summed E-state index contributed by atoms with van der Waals surface area (Å²) in [5.41, 5.74) is 0.479. The van der Waals surface area contributed by atoms with Gasteiger partial charge in [-0.25, -0.2) is 8.42 Å². The van der Waals surface area contributed by atoms with E-state index in [1.165, 1.54) is 16.4 Å². The molecule has 168 valence electrons. The summed E-state index contributed by atoms with van der Waals surface area (Å²) in [6, 6.07) is 9.84. The quantitative estimate of drug-likeness (QED) is 0.609. The van der Waals surface area contributed by atoms with Gasteiger partial charge in [0.15, 0.2) is 5.82 Å². The molecule has 0 spiro atoms.